The first-order valence-electron chi connectivity index (χ1n) is 14.1. The van der Waals surface area contributed by atoms with Crippen LogP contribution in [0.25, 0.3) is 10.9 Å². The lowest BCUT2D eigenvalue weighted by atomic mass is 9.87. The number of halogens is 5. The Morgan fingerprint density at radius 2 is 1.73 bits per heavy atom. The first kappa shape index (κ1) is 31.8. The van der Waals surface area contributed by atoms with E-state index in [2.05, 4.69) is 5.32 Å². The fraction of sp³-hybridized carbons (Fsp3) is 0.303. The Hall–Kier alpha value is -4.58. The number of nitrogens with one attached hydrogen (secondary N) is 1. The Kier molecular flexibility index (Phi) is 8.54. The molecule has 0 aliphatic heterocycles. The van der Waals surface area contributed by atoms with Crippen LogP contribution in [0.15, 0.2) is 59.4 Å². The number of hydrogen-bond acceptors (Lipinski definition) is 4. The van der Waals surface area contributed by atoms with Crippen molar-refractivity contribution < 1.29 is 36.6 Å². The molecule has 236 valence electrons. The fourth-order valence-corrected chi connectivity index (χ4v) is 6.30. The van der Waals surface area contributed by atoms with E-state index in [9.17, 15) is 41.4 Å². The Bertz CT molecular complexity index is 1860. The summed E-state index contributed by atoms with van der Waals surface area (Å²) in [7, 11) is 5.03. The normalized spacial score (nSPS) is 15.4. The second kappa shape index (κ2) is 12.1. The number of nitrogens with zero attached hydrogens (tertiary/aromatic N) is 2. The van der Waals surface area contributed by atoms with E-state index in [0.29, 0.717) is 28.8 Å². The number of carbonyl (C=O) groups excluding carboxylic acids is 1. The molecule has 2 N–H and O–H groups in total. The minimum Gasteiger partial charge on any atom is -0.480 e. The standard InChI is InChI=1S/C33H30F5N3O4/c1-40(2)16-17-10-13-26-22(14-17)29(33(36,37)38)27(31(43)41(26)3)21-12-11-19-18(6-4-7-20(19)21)15-25(32(44)45)39-30(42)28-23(34)8-5-9-24(28)35/h4-10,13-14,21,25H,11-12,15-16H2,1-3H3,(H,39,42)(H,44,45)/t21-,25-/m0/s1. The maximum Gasteiger partial charge on any atom is 0.417 e. The van der Waals surface area contributed by atoms with Crippen LogP contribution in [-0.2, 0) is 37.4 Å². The molecule has 2 atom stereocenters. The van der Waals surface area contributed by atoms with Crippen molar-refractivity contribution in [3.63, 3.8) is 0 Å². The average molecular weight is 628 g/mol. The highest BCUT2D eigenvalue weighted by Gasteiger charge is 2.42. The Morgan fingerprint density at radius 3 is 2.36 bits per heavy atom. The van der Waals surface area contributed by atoms with E-state index >= 15 is 0 Å². The molecule has 0 bridgehead atoms. The van der Waals surface area contributed by atoms with Crippen molar-refractivity contribution in [2.24, 2.45) is 7.05 Å². The maximum atomic E-state index is 14.9. The van der Waals surface area contributed by atoms with Gasteiger partial charge in [0.15, 0.2) is 0 Å². The molecule has 45 heavy (non-hydrogen) atoms. The highest BCUT2D eigenvalue weighted by Crippen LogP contribution is 2.45. The molecule has 1 heterocycles. The molecular formula is C33H30F5N3O4. The van der Waals surface area contributed by atoms with Crippen LogP contribution in [0.1, 0.15) is 56.1 Å². The number of carboxylic acid groups (broad SMARTS) is 1. The van der Waals surface area contributed by atoms with Gasteiger partial charge in [-0.25, -0.2) is 13.6 Å². The molecule has 0 unspecified atom stereocenters. The molecule has 1 aromatic heterocycles. The monoisotopic (exact) mass is 627 g/mol. The summed E-state index contributed by atoms with van der Waals surface area (Å²) in [6.07, 6.45) is -4.74. The molecule has 0 radical (unpaired) electrons. The number of rotatable bonds is 8. The molecular weight excluding hydrogens is 597 g/mol. The van der Waals surface area contributed by atoms with Crippen LogP contribution in [0.5, 0.6) is 0 Å². The summed E-state index contributed by atoms with van der Waals surface area (Å²) in [4.78, 5) is 40.2. The van der Waals surface area contributed by atoms with Crippen LogP contribution in [0.4, 0.5) is 22.0 Å². The Labute approximate surface area is 254 Å². The summed E-state index contributed by atoms with van der Waals surface area (Å²) in [5.74, 6) is -5.98. The van der Waals surface area contributed by atoms with Gasteiger partial charge in [0.1, 0.15) is 23.2 Å². The lowest BCUT2D eigenvalue weighted by molar-refractivity contribution is -0.139. The SMILES string of the molecule is CN(C)Cc1ccc2c(c1)c(C(F)(F)F)c([C@H]1CCc3c(C[C@H](NC(=O)c4c(F)cccc4F)C(=O)O)cccc31)c(=O)n2C. The molecule has 1 aliphatic carbocycles. The van der Waals surface area contributed by atoms with Crippen molar-refractivity contribution >= 4 is 22.8 Å². The van der Waals surface area contributed by atoms with Crippen LogP contribution in [0.2, 0.25) is 0 Å². The number of fused-ring (bicyclic) bond motifs is 2. The number of alkyl halides is 3. The summed E-state index contributed by atoms with van der Waals surface area (Å²) in [6, 6.07) is 10.6. The first-order valence-corrected chi connectivity index (χ1v) is 14.1. The molecule has 0 saturated heterocycles. The largest absolute Gasteiger partial charge is 0.480 e. The zero-order valence-corrected chi connectivity index (χ0v) is 24.6. The number of carboxylic acids is 1. The number of pyridine rings is 1. The minimum absolute atomic E-state index is 0.0856. The minimum atomic E-state index is -4.85. The fourth-order valence-electron chi connectivity index (χ4n) is 6.30. The molecule has 0 fully saturated rings. The van der Waals surface area contributed by atoms with Crippen LogP contribution < -0.4 is 10.9 Å². The molecule has 1 aliphatic rings. The summed E-state index contributed by atoms with van der Waals surface area (Å²) in [5.41, 5.74) is -0.836. The van der Waals surface area contributed by atoms with Gasteiger partial charge in [0.2, 0.25) is 0 Å². The van der Waals surface area contributed by atoms with Crippen molar-refractivity contribution in [2.45, 2.75) is 43.9 Å². The topological polar surface area (TPSA) is 91.6 Å². The van der Waals surface area contributed by atoms with E-state index < -0.39 is 58.3 Å². The predicted octanol–water partition coefficient (Wildman–Crippen LogP) is 5.40. The number of aryl methyl sites for hydroxylation is 1. The van der Waals surface area contributed by atoms with E-state index in [-0.39, 0.29) is 35.7 Å². The van der Waals surface area contributed by atoms with Crippen molar-refractivity contribution in [2.75, 3.05) is 14.1 Å². The van der Waals surface area contributed by atoms with Crippen LogP contribution in [0, 0.1) is 11.6 Å². The van der Waals surface area contributed by atoms with Crippen LogP contribution in [0.3, 0.4) is 0 Å². The van der Waals surface area contributed by atoms with E-state index in [1.165, 1.54) is 23.7 Å². The Balaban J connectivity index is 1.57. The van der Waals surface area contributed by atoms with Gasteiger partial charge in [-0.1, -0.05) is 30.3 Å². The van der Waals surface area contributed by atoms with Gasteiger partial charge in [-0.15, -0.1) is 0 Å². The van der Waals surface area contributed by atoms with E-state index in [1.54, 1.807) is 38.4 Å². The van der Waals surface area contributed by atoms with Gasteiger partial charge in [-0.05, 0) is 73.5 Å². The number of hydrogen-bond donors (Lipinski definition) is 2. The van der Waals surface area contributed by atoms with E-state index in [4.69, 9.17) is 0 Å². The number of benzene rings is 3. The third-order valence-electron chi connectivity index (χ3n) is 8.21. The molecule has 1 amide bonds. The molecule has 0 spiro atoms. The summed E-state index contributed by atoms with van der Waals surface area (Å²) in [5, 5.41) is 11.9. The van der Waals surface area contributed by atoms with Crippen LogP contribution in [-0.4, -0.2) is 46.6 Å². The highest BCUT2D eigenvalue weighted by atomic mass is 19.4. The molecule has 12 heteroatoms. The highest BCUT2D eigenvalue weighted by molar-refractivity contribution is 5.97. The van der Waals surface area contributed by atoms with Gasteiger partial charge < -0.3 is 19.9 Å². The van der Waals surface area contributed by atoms with Gasteiger partial charge in [0, 0.05) is 36.9 Å². The quantitative estimate of drug-likeness (QED) is 0.256. The Morgan fingerprint density at radius 1 is 1.07 bits per heavy atom. The first-order chi connectivity index (χ1) is 21.2. The second-order valence-corrected chi connectivity index (χ2v) is 11.5. The van der Waals surface area contributed by atoms with Crippen molar-refractivity contribution in [1.82, 2.24) is 14.8 Å². The maximum absolute atomic E-state index is 14.9. The molecule has 0 saturated carbocycles. The third-order valence-corrected chi connectivity index (χ3v) is 8.21. The van der Waals surface area contributed by atoms with Gasteiger partial charge >= 0.3 is 12.1 Å². The molecule has 3 aromatic carbocycles. The smallest absolute Gasteiger partial charge is 0.417 e. The van der Waals surface area contributed by atoms with Crippen LogP contribution >= 0.6 is 0 Å². The van der Waals surface area contributed by atoms with E-state index in [1.807, 2.05) is 4.90 Å². The van der Waals surface area contributed by atoms with Gasteiger partial charge in [0.05, 0.1) is 11.1 Å². The summed E-state index contributed by atoms with van der Waals surface area (Å²) >= 11 is 0. The second-order valence-electron chi connectivity index (χ2n) is 11.5. The number of aromatic nitrogens is 1. The predicted molar refractivity (Wildman–Crippen MR) is 157 cm³/mol. The zero-order valence-electron chi connectivity index (χ0n) is 24.6. The molecule has 5 rings (SSSR count). The van der Waals surface area contributed by atoms with Crippen molar-refractivity contribution in [1.29, 1.82) is 0 Å². The molecule has 4 aromatic rings. The van der Waals surface area contributed by atoms with Crippen molar-refractivity contribution in [3.05, 3.63) is 116 Å². The number of aliphatic carboxylic acids is 1. The zero-order chi connectivity index (χ0) is 32.8. The lowest BCUT2D eigenvalue weighted by Crippen LogP contribution is -2.43. The number of amides is 1. The van der Waals surface area contributed by atoms with E-state index in [0.717, 1.165) is 18.2 Å². The summed E-state index contributed by atoms with van der Waals surface area (Å²) < 4.78 is 74.1. The average Bonchev–Trinajstić information content (AvgIpc) is 3.38. The van der Waals surface area contributed by atoms with Crippen molar-refractivity contribution in [3.8, 4) is 0 Å². The van der Waals surface area contributed by atoms with Gasteiger partial charge in [-0.3, -0.25) is 9.59 Å². The van der Waals surface area contributed by atoms with Gasteiger partial charge in [0.25, 0.3) is 11.5 Å². The number of carbonyl (C=O) groups is 2. The summed E-state index contributed by atoms with van der Waals surface area (Å²) in [6.45, 7) is 0.395. The third kappa shape index (κ3) is 6.06. The lowest BCUT2D eigenvalue weighted by Gasteiger charge is -2.23. The molecule has 7 nitrogen and oxygen atoms in total. The van der Waals surface area contributed by atoms with Gasteiger partial charge in [-0.2, -0.15) is 13.2 Å².